The molecule has 0 amide bonds. The van der Waals surface area contributed by atoms with E-state index in [1.165, 1.54) is 29.2 Å². The summed E-state index contributed by atoms with van der Waals surface area (Å²) in [7, 11) is 0. The van der Waals surface area contributed by atoms with Crippen molar-refractivity contribution in [1.29, 1.82) is 0 Å². The Kier molecular flexibility index (Phi) is 9.37. The summed E-state index contributed by atoms with van der Waals surface area (Å²) < 4.78 is 102. The maximum atomic E-state index is 13.3. The molecule has 38 heavy (non-hydrogen) atoms. The Morgan fingerprint density at radius 2 is 1.55 bits per heavy atom. The van der Waals surface area contributed by atoms with Crippen molar-refractivity contribution in [3.05, 3.63) is 82.9 Å². The first-order chi connectivity index (χ1) is 17.8. The van der Waals surface area contributed by atoms with E-state index in [9.17, 15) is 30.7 Å². The van der Waals surface area contributed by atoms with Gasteiger partial charge in [-0.2, -0.15) is 30.7 Å². The van der Waals surface area contributed by atoms with Gasteiger partial charge in [0.05, 0.1) is 0 Å². The Hall–Kier alpha value is -3.18. The summed E-state index contributed by atoms with van der Waals surface area (Å²) in [4.78, 5) is 1.27. The number of hydrogen-bond donors (Lipinski definition) is 1. The molecule has 0 aliphatic rings. The third-order valence-electron chi connectivity index (χ3n) is 5.43. The summed E-state index contributed by atoms with van der Waals surface area (Å²) in [5, 5.41) is 0.568. The van der Waals surface area contributed by atoms with E-state index in [0.29, 0.717) is 22.9 Å². The van der Waals surface area contributed by atoms with Crippen LogP contribution in [0.3, 0.4) is 0 Å². The van der Waals surface area contributed by atoms with Gasteiger partial charge in [0.2, 0.25) is 0 Å². The molecule has 1 atom stereocenters. The second-order valence-corrected chi connectivity index (χ2v) is 8.75. The van der Waals surface area contributed by atoms with Gasteiger partial charge in [0, 0.05) is 29.9 Å². The zero-order valence-electron chi connectivity index (χ0n) is 20.0. The number of alkyl halides is 7. The molecule has 0 radical (unpaired) electrons. The van der Waals surface area contributed by atoms with E-state index in [4.69, 9.17) is 22.1 Å². The number of aryl methyl sites for hydroxylation is 1. The molecule has 0 fully saturated rings. The second-order valence-electron chi connectivity index (χ2n) is 8.35. The molecular weight excluding hydrogens is 541 g/mol. The molecule has 0 aliphatic heterocycles. The molecular formula is C26H24ClF7N2O2. The summed E-state index contributed by atoms with van der Waals surface area (Å²) in [5.41, 5.74) is 6.73. The average molecular weight is 565 g/mol. The quantitative estimate of drug-likeness (QED) is 0.241. The summed E-state index contributed by atoms with van der Waals surface area (Å²) in [5.74, 6) is 0.206. The number of ether oxygens (including phenoxy) is 2. The molecule has 0 aromatic heterocycles. The van der Waals surface area contributed by atoms with Crippen LogP contribution in [0.5, 0.6) is 17.2 Å². The molecule has 3 rings (SSSR count). The molecule has 0 saturated heterocycles. The zero-order valence-corrected chi connectivity index (χ0v) is 20.7. The number of halogens is 8. The molecule has 0 aliphatic carbocycles. The van der Waals surface area contributed by atoms with Gasteiger partial charge in [0.1, 0.15) is 23.3 Å². The normalized spacial score (nSPS) is 12.9. The van der Waals surface area contributed by atoms with Gasteiger partial charge in [0.25, 0.3) is 0 Å². The van der Waals surface area contributed by atoms with Gasteiger partial charge in [-0.1, -0.05) is 36.7 Å². The molecule has 4 nitrogen and oxygen atoms in total. The van der Waals surface area contributed by atoms with E-state index in [-0.39, 0.29) is 17.8 Å². The predicted octanol–water partition coefficient (Wildman–Crippen LogP) is 7.83. The van der Waals surface area contributed by atoms with Gasteiger partial charge < -0.3 is 20.1 Å². The number of hydrogen-bond acceptors (Lipinski definition) is 4. The lowest BCUT2D eigenvalue weighted by Crippen LogP contribution is -2.47. The van der Waals surface area contributed by atoms with Crippen molar-refractivity contribution in [2.24, 2.45) is 5.73 Å². The molecule has 3 aromatic rings. The van der Waals surface area contributed by atoms with Crippen molar-refractivity contribution in [3.63, 3.8) is 0 Å². The highest BCUT2D eigenvalue weighted by Crippen LogP contribution is 2.32. The van der Waals surface area contributed by atoms with Crippen molar-refractivity contribution in [1.82, 2.24) is 0 Å². The first kappa shape index (κ1) is 29.4. The minimum atomic E-state index is -4.73. The molecule has 12 heteroatoms. The van der Waals surface area contributed by atoms with Crippen molar-refractivity contribution in [3.8, 4) is 17.2 Å². The molecule has 0 spiro atoms. The third kappa shape index (κ3) is 7.91. The zero-order chi connectivity index (χ0) is 28.1. The topological polar surface area (TPSA) is 47.7 Å². The molecule has 206 valence electrons. The predicted molar refractivity (Wildman–Crippen MR) is 130 cm³/mol. The summed E-state index contributed by atoms with van der Waals surface area (Å²) in [6.07, 6.45) is -12.9. The fourth-order valence-electron chi connectivity index (χ4n) is 3.50. The minimum Gasteiger partial charge on any atom is -0.457 e. The van der Waals surface area contributed by atoms with Crippen LogP contribution in [-0.4, -0.2) is 31.3 Å². The molecule has 1 unspecified atom stereocenters. The third-order valence-corrected chi connectivity index (χ3v) is 5.80. The second kappa shape index (κ2) is 12.1. The SMILES string of the molecule is CCc1cc(Oc2cccc(N(Cc3cccc(OC(F)(F)C(F)F)c3)CC(N)C(F)(F)F)c2)ccc1Cl. The van der Waals surface area contributed by atoms with Crippen LogP contribution in [0.15, 0.2) is 66.7 Å². The highest BCUT2D eigenvalue weighted by atomic mass is 35.5. The van der Waals surface area contributed by atoms with Crippen molar-refractivity contribution in [2.45, 2.75) is 44.6 Å². The van der Waals surface area contributed by atoms with Gasteiger partial charge in [-0.05, 0) is 60.0 Å². The van der Waals surface area contributed by atoms with Gasteiger partial charge in [-0.15, -0.1) is 0 Å². The van der Waals surface area contributed by atoms with Crippen LogP contribution < -0.4 is 20.1 Å². The van der Waals surface area contributed by atoms with Crippen LogP contribution in [0.4, 0.5) is 36.4 Å². The van der Waals surface area contributed by atoms with Crippen molar-refractivity contribution < 1.29 is 40.2 Å². The van der Waals surface area contributed by atoms with Crippen molar-refractivity contribution in [2.75, 3.05) is 11.4 Å². The number of nitrogens with two attached hydrogens (primary N) is 1. The maximum absolute atomic E-state index is 13.3. The Morgan fingerprint density at radius 3 is 2.21 bits per heavy atom. The number of anilines is 1. The van der Waals surface area contributed by atoms with E-state index in [1.54, 1.807) is 30.3 Å². The van der Waals surface area contributed by atoms with E-state index < -0.39 is 37.0 Å². The number of rotatable bonds is 11. The molecule has 2 N–H and O–H groups in total. The fraction of sp³-hybridized carbons (Fsp3) is 0.308. The Morgan fingerprint density at radius 1 is 0.895 bits per heavy atom. The first-order valence-electron chi connectivity index (χ1n) is 11.4. The smallest absolute Gasteiger partial charge is 0.457 e. The minimum absolute atomic E-state index is 0.221. The lowest BCUT2D eigenvalue weighted by atomic mass is 10.1. The standard InChI is InChI=1S/C26H24ClF7N2O2/c1-2-17-12-20(9-10-22(17)27)37-19-7-4-6-18(13-19)36(15-23(35)25(30,31)32)14-16-5-3-8-21(11-16)38-26(33,34)24(28)29/h3-13,23-24H,2,14-15,35H2,1H3. The highest BCUT2D eigenvalue weighted by Gasteiger charge is 2.44. The van der Waals surface area contributed by atoms with Crippen LogP contribution in [0.2, 0.25) is 5.02 Å². The summed E-state index contributed by atoms with van der Waals surface area (Å²) >= 11 is 6.14. The van der Waals surface area contributed by atoms with Gasteiger partial charge in [-0.3, -0.25) is 0 Å². The van der Waals surface area contributed by atoms with Crippen LogP contribution in [0.1, 0.15) is 18.1 Å². The summed E-state index contributed by atoms with van der Waals surface area (Å²) in [6.45, 7) is 1.000. The van der Waals surface area contributed by atoms with Gasteiger partial charge in [-0.25, -0.2) is 0 Å². The van der Waals surface area contributed by atoms with E-state index in [0.717, 1.165) is 17.7 Å². The number of benzene rings is 3. The molecule has 0 bridgehead atoms. The first-order valence-corrected chi connectivity index (χ1v) is 11.7. The fourth-order valence-corrected chi connectivity index (χ4v) is 3.75. The number of nitrogens with zero attached hydrogens (tertiary/aromatic N) is 1. The van der Waals surface area contributed by atoms with Crippen LogP contribution in [-0.2, 0) is 13.0 Å². The van der Waals surface area contributed by atoms with Gasteiger partial charge >= 0.3 is 18.7 Å². The summed E-state index contributed by atoms with van der Waals surface area (Å²) in [6, 6.07) is 13.8. The Labute approximate surface area is 219 Å². The van der Waals surface area contributed by atoms with Crippen molar-refractivity contribution >= 4 is 17.3 Å². The lowest BCUT2D eigenvalue weighted by molar-refractivity contribution is -0.253. The molecule has 3 aromatic carbocycles. The lowest BCUT2D eigenvalue weighted by Gasteiger charge is -2.29. The molecule has 0 saturated carbocycles. The maximum Gasteiger partial charge on any atom is 0.461 e. The van der Waals surface area contributed by atoms with Crippen LogP contribution >= 0.6 is 11.6 Å². The highest BCUT2D eigenvalue weighted by molar-refractivity contribution is 6.31. The monoisotopic (exact) mass is 564 g/mol. The Bertz CT molecular complexity index is 1220. The molecule has 0 heterocycles. The Balaban J connectivity index is 1.89. The van der Waals surface area contributed by atoms with Crippen LogP contribution in [0, 0.1) is 0 Å². The largest absolute Gasteiger partial charge is 0.461 e. The van der Waals surface area contributed by atoms with Crippen LogP contribution in [0.25, 0.3) is 0 Å². The van der Waals surface area contributed by atoms with Gasteiger partial charge in [0.15, 0.2) is 0 Å². The van der Waals surface area contributed by atoms with E-state index in [1.807, 2.05) is 6.92 Å². The average Bonchev–Trinajstić information content (AvgIpc) is 2.84. The van der Waals surface area contributed by atoms with E-state index in [2.05, 4.69) is 4.74 Å². The van der Waals surface area contributed by atoms with E-state index >= 15 is 0 Å².